The molecule has 0 bridgehead atoms. The molecule has 2 aliphatic heterocycles. The molecule has 18 nitrogen and oxygen atoms in total. The Hall–Kier alpha value is -9.52. The first-order valence-corrected chi connectivity index (χ1v) is 27.1. The van der Waals surface area contributed by atoms with Crippen LogP contribution >= 0.6 is 0 Å². The summed E-state index contributed by atoms with van der Waals surface area (Å²) in [6.07, 6.45) is 3.23. The van der Waals surface area contributed by atoms with Gasteiger partial charge in [-0.05, 0) is 137 Å². The van der Waals surface area contributed by atoms with Crippen LogP contribution in [0.3, 0.4) is 0 Å². The summed E-state index contributed by atoms with van der Waals surface area (Å²) in [6, 6.07) is 44.5. The second-order valence-electron chi connectivity index (χ2n) is 21.0. The lowest BCUT2D eigenvalue weighted by molar-refractivity contribution is 0.313. The molecule has 6 aromatic carbocycles. The molecule has 12 aromatic rings. The number of benzene rings is 6. The third-order valence-corrected chi connectivity index (χ3v) is 15.6. The van der Waals surface area contributed by atoms with Gasteiger partial charge in [0, 0.05) is 87.5 Å². The van der Waals surface area contributed by atoms with E-state index in [4.69, 9.17) is 19.9 Å². The number of hydrogen-bond donors (Lipinski definition) is 2. The highest BCUT2D eigenvalue weighted by Gasteiger charge is 2.24. The summed E-state index contributed by atoms with van der Waals surface area (Å²) in [7, 11) is 4.32. The van der Waals surface area contributed by atoms with Gasteiger partial charge in [-0.25, -0.2) is 29.1 Å². The Kier molecular flexibility index (Phi) is 12.7. The molecule has 0 atom stereocenters. The number of aryl methyl sites for hydroxylation is 4. The summed E-state index contributed by atoms with van der Waals surface area (Å²) >= 11 is 0. The van der Waals surface area contributed by atoms with Crippen molar-refractivity contribution in [1.82, 2.24) is 57.6 Å². The van der Waals surface area contributed by atoms with Crippen molar-refractivity contribution in [3.8, 4) is 11.4 Å². The molecule has 8 heterocycles. The van der Waals surface area contributed by atoms with Crippen LogP contribution in [0.5, 0.6) is 0 Å². The molecular weight excluding hydrogens is 1000 g/mol. The number of para-hydroxylation sites is 6. The number of likely N-dealkylation sites (N-methyl/N-ethyl adjacent to an activating group) is 2. The highest BCUT2D eigenvalue weighted by atomic mass is 16.1. The van der Waals surface area contributed by atoms with E-state index in [9.17, 15) is 9.59 Å². The smallest absolute Gasteiger partial charge is 0.270 e. The number of imidazole rings is 2. The Morgan fingerprint density at radius 1 is 0.412 bits per heavy atom. The molecule has 2 aliphatic rings. The third kappa shape index (κ3) is 8.97. The largest absolute Gasteiger partial charge is 0.369 e. The van der Waals surface area contributed by atoms with Crippen molar-refractivity contribution < 1.29 is 0 Å². The van der Waals surface area contributed by atoms with Crippen LogP contribution in [-0.2, 0) is 0 Å². The summed E-state index contributed by atoms with van der Waals surface area (Å²) < 4.78 is 7.31. The number of aromatic nitrogens is 10. The van der Waals surface area contributed by atoms with Crippen molar-refractivity contribution >= 4 is 90.3 Å². The number of rotatable bonds is 8. The van der Waals surface area contributed by atoms with Crippen LogP contribution in [0.2, 0.25) is 0 Å². The van der Waals surface area contributed by atoms with E-state index in [1.54, 1.807) is 21.5 Å². The highest BCUT2D eigenvalue weighted by molar-refractivity contribution is 5.90. The second kappa shape index (κ2) is 20.4. The average molecular weight is 1060 g/mol. The first-order valence-electron chi connectivity index (χ1n) is 27.1. The van der Waals surface area contributed by atoms with Crippen LogP contribution in [0.15, 0.2) is 155 Å². The van der Waals surface area contributed by atoms with E-state index in [2.05, 4.69) is 78.6 Å². The van der Waals surface area contributed by atoms with Gasteiger partial charge in [-0.15, -0.1) is 0 Å². The molecule has 6 aromatic heterocycles. The first-order chi connectivity index (χ1) is 38.9. The summed E-state index contributed by atoms with van der Waals surface area (Å²) in [5.41, 5.74) is 13.8. The molecular formula is C62H60N16O2. The van der Waals surface area contributed by atoms with Crippen LogP contribution in [0.1, 0.15) is 22.3 Å². The van der Waals surface area contributed by atoms with Gasteiger partial charge >= 0.3 is 0 Å². The van der Waals surface area contributed by atoms with E-state index in [0.29, 0.717) is 45.5 Å². The minimum atomic E-state index is -0.196. The number of hydrogen-bond acceptors (Lipinski definition) is 14. The molecule has 18 heteroatoms. The summed E-state index contributed by atoms with van der Waals surface area (Å²) in [6.45, 7) is 16.4. The topological polar surface area (TPSA) is 167 Å². The number of nitrogens with one attached hydrogen (secondary N) is 2. The monoisotopic (exact) mass is 1060 g/mol. The normalized spacial score (nSPS) is 14.4. The molecule has 0 spiro atoms. The zero-order valence-electron chi connectivity index (χ0n) is 45.6. The van der Waals surface area contributed by atoms with Gasteiger partial charge in [0.05, 0.1) is 33.4 Å². The maximum atomic E-state index is 14.0. The van der Waals surface area contributed by atoms with Crippen molar-refractivity contribution in [2.45, 2.75) is 27.7 Å². The van der Waals surface area contributed by atoms with Crippen molar-refractivity contribution in [3.63, 3.8) is 0 Å². The minimum Gasteiger partial charge on any atom is -0.369 e. The molecule has 2 saturated heterocycles. The van der Waals surface area contributed by atoms with Gasteiger partial charge in [0.1, 0.15) is 10.8 Å². The van der Waals surface area contributed by atoms with Crippen molar-refractivity contribution in [2.75, 3.05) is 86.9 Å². The van der Waals surface area contributed by atoms with E-state index < -0.39 is 0 Å². The van der Waals surface area contributed by atoms with Crippen molar-refractivity contribution in [2.24, 2.45) is 0 Å². The Labute approximate surface area is 460 Å². The maximum Gasteiger partial charge on any atom is 0.270 e. The van der Waals surface area contributed by atoms with Gasteiger partial charge in [0.15, 0.2) is 11.3 Å². The predicted octanol–water partition coefficient (Wildman–Crippen LogP) is 9.39. The van der Waals surface area contributed by atoms with Crippen molar-refractivity contribution in [1.29, 1.82) is 0 Å². The lowest BCUT2D eigenvalue weighted by atomic mass is 10.1. The van der Waals surface area contributed by atoms with E-state index in [-0.39, 0.29) is 11.1 Å². The molecule has 400 valence electrons. The molecule has 14 rings (SSSR count). The third-order valence-electron chi connectivity index (χ3n) is 15.6. The fourth-order valence-corrected chi connectivity index (χ4v) is 11.3. The van der Waals surface area contributed by atoms with E-state index in [0.717, 1.165) is 119 Å². The summed E-state index contributed by atoms with van der Waals surface area (Å²) in [5, 5.41) is 7.51. The van der Waals surface area contributed by atoms with Gasteiger partial charge in [0.2, 0.25) is 23.5 Å². The van der Waals surface area contributed by atoms with E-state index >= 15 is 0 Å². The van der Waals surface area contributed by atoms with E-state index in [1.807, 2.05) is 146 Å². The molecule has 0 radical (unpaired) electrons. The predicted molar refractivity (Wildman–Crippen MR) is 321 cm³/mol. The Morgan fingerprint density at radius 2 is 0.775 bits per heavy atom. The molecule has 2 N–H and O–H groups in total. The number of anilines is 6. The zero-order chi connectivity index (χ0) is 54.8. The molecule has 0 amide bonds. The quantitative estimate of drug-likeness (QED) is 0.148. The van der Waals surface area contributed by atoms with E-state index in [1.165, 1.54) is 11.4 Å². The van der Waals surface area contributed by atoms with Crippen LogP contribution in [0, 0.1) is 27.7 Å². The fraction of sp³-hybridized carbons (Fsp3) is 0.226. The van der Waals surface area contributed by atoms with Crippen LogP contribution in [0.25, 0.3) is 67.1 Å². The standard InChI is InChI=1S/2C31H30N8O/c2*1-20-7-6-8-21(2)27(20)39-29(40)24-19-32-30(35-28(24)38-26-10-5-4-9-25(26)34-31(38)39)33-22-11-13-23(14-12-22)37-17-15-36(3)16-18-37/h2*4-14,19H,15-18H2,1-3H3,(H,32,33,35). The molecule has 0 unspecified atom stereocenters. The minimum absolute atomic E-state index is 0.196. The number of piperazine rings is 2. The number of nitrogens with zero attached hydrogens (tertiary/aromatic N) is 14. The zero-order valence-corrected chi connectivity index (χ0v) is 45.6. The fourth-order valence-electron chi connectivity index (χ4n) is 11.3. The van der Waals surface area contributed by atoms with Crippen LogP contribution in [0.4, 0.5) is 34.6 Å². The van der Waals surface area contributed by atoms with Crippen LogP contribution in [-0.4, -0.2) is 124 Å². The van der Waals surface area contributed by atoms with Gasteiger partial charge in [-0.2, -0.15) is 9.97 Å². The Morgan fingerprint density at radius 3 is 1.15 bits per heavy atom. The van der Waals surface area contributed by atoms with Gasteiger partial charge in [0.25, 0.3) is 11.1 Å². The molecule has 2 fully saturated rings. The molecule has 0 saturated carbocycles. The first kappa shape index (κ1) is 50.0. The Balaban J connectivity index is 0.000000151. The Bertz CT molecular complexity index is 4140. The van der Waals surface area contributed by atoms with Gasteiger partial charge in [-0.3, -0.25) is 18.4 Å². The van der Waals surface area contributed by atoms with Crippen molar-refractivity contribution in [3.05, 3.63) is 189 Å². The van der Waals surface area contributed by atoms with Gasteiger partial charge < -0.3 is 30.2 Å². The maximum absolute atomic E-state index is 14.0. The summed E-state index contributed by atoms with van der Waals surface area (Å²) in [4.78, 5) is 66.1. The lowest BCUT2D eigenvalue weighted by Crippen LogP contribution is -2.44. The van der Waals surface area contributed by atoms with Gasteiger partial charge in [-0.1, -0.05) is 60.7 Å². The number of fused-ring (bicyclic) bond motifs is 10. The molecule has 0 aliphatic carbocycles. The summed E-state index contributed by atoms with van der Waals surface area (Å²) in [5.74, 6) is 1.89. The lowest BCUT2D eigenvalue weighted by Gasteiger charge is -2.34. The average Bonchev–Trinajstić information content (AvgIpc) is 4.27. The highest BCUT2D eigenvalue weighted by Crippen LogP contribution is 2.30. The SMILES string of the molecule is Cc1cccc(C)c1-n1c(=O)c2cnc(Nc3ccc(N4CCN(C)CC4)cc3)nc2n2c3ccccc3nc12.Cc1cccc(C)c1-n1c(=O)c2cnc(Nc3ccc(N4CCN(C)CC4)cc3)nc2n2c3ccccc3nc12. The molecule has 80 heavy (non-hydrogen) atoms. The van der Waals surface area contributed by atoms with Crippen LogP contribution < -0.4 is 31.6 Å². The second-order valence-corrected chi connectivity index (χ2v) is 21.0.